The molecule has 1 aromatic heterocycles. The van der Waals surface area contributed by atoms with Gasteiger partial charge in [-0.1, -0.05) is 19.3 Å². The van der Waals surface area contributed by atoms with E-state index in [0.717, 1.165) is 31.9 Å². The Morgan fingerprint density at radius 2 is 2.11 bits per heavy atom. The van der Waals surface area contributed by atoms with Crippen LogP contribution in [0.5, 0.6) is 0 Å². The number of sulfonamides is 1. The van der Waals surface area contributed by atoms with Crippen LogP contribution in [-0.4, -0.2) is 36.2 Å². The molecule has 0 aliphatic heterocycles. The summed E-state index contributed by atoms with van der Waals surface area (Å²) in [4.78, 5) is 10.9. The van der Waals surface area contributed by atoms with E-state index in [-0.39, 0.29) is 10.6 Å². The predicted molar refractivity (Wildman–Crippen MR) is 67.3 cm³/mol. The van der Waals surface area contributed by atoms with E-state index >= 15 is 0 Å². The van der Waals surface area contributed by atoms with Gasteiger partial charge in [0.25, 0.3) is 10.0 Å². The fourth-order valence-corrected chi connectivity index (χ4v) is 3.52. The third-order valence-electron chi connectivity index (χ3n) is 3.39. The maximum absolute atomic E-state index is 12.0. The molecule has 0 saturated heterocycles. The largest absolute Gasteiger partial charge is 0.478 e. The maximum atomic E-state index is 12.0. The van der Waals surface area contributed by atoms with Crippen LogP contribution in [0.3, 0.4) is 0 Å². The van der Waals surface area contributed by atoms with Gasteiger partial charge in [0.2, 0.25) is 0 Å². The number of aromatic carboxylic acids is 1. The van der Waals surface area contributed by atoms with Gasteiger partial charge >= 0.3 is 5.97 Å². The Morgan fingerprint density at radius 1 is 1.42 bits per heavy atom. The zero-order valence-electron chi connectivity index (χ0n) is 10.4. The molecule has 1 saturated carbocycles. The molecular weight excluding hydrogens is 270 g/mol. The minimum atomic E-state index is -3.84. The van der Waals surface area contributed by atoms with E-state index in [2.05, 4.69) is 14.9 Å². The molecular formula is C11H17N3O4S. The van der Waals surface area contributed by atoms with Crippen molar-refractivity contribution in [3.8, 4) is 0 Å². The van der Waals surface area contributed by atoms with Crippen LogP contribution in [0.2, 0.25) is 0 Å². The third kappa shape index (κ3) is 3.32. The van der Waals surface area contributed by atoms with Gasteiger partial charge in [-0.15, -0.1) is 0 Å². The van der Waals surface area contributed by atoms with Crippen LogP contribution >= 0.6 is 0 Å². The van der Waals surface area contributed by atoms with E-state index < -0.39 is 16.0 Å². The van der Waals surface area contributed by atoms with Crippen molar-refractivity contribution in [3.63, 3.8) is 0 Å². The van der Waals surface area contributed by atoms with E-state index in [1.54, 1.807) is 0 Å². The zero-order valence-corrected chi connectivity index (χ0v) is 11.2. The molecule has 0 bridgehead atoms. The Bertz CT molecular complexity index is 546. The van der Waals surface area contributed by atoms with Crippen LogP contribution < -0.4 is 4.72 Å². The summed E-state index contributed by atoms with van der Waals surface area (Å²) in [5.74, 6) is -0.980. The number of nitrogens with one attached hydrogen (secondary N) is 2. The molecule has 1 aliphatic rings. The Kier molecular flexibility index (Phi) is 4.20. The van der Waals surface area contributed by atoms with Crippen molar-refractivity contribution in [2.24, 2.45) is 5.92 Å². The minimum Gasteiger partial charge on any atom is -0.478 e. The molecule has 0 radical (unpaired) electrons. The van der Waals surface area contributed by atoms with Gasteiger partial charge in [0.1, 0.15) is 5.56 Å². The highest BCUT2D eigenvalue weighted by Gasteiger charge is 2.25. The molecule has 0 atom stereocenters. The normalized spacial score (nSPS) is 17.5. The van der Waals surface area contributed by atoms with Crippen LogP contribution in [0, 0.1) is 5.92 Å². The number of nitrogens with zero attached hydrogens (tertiary/aromatic N) is 1. The van der Waals surface area contributed by atoms with Crippen LogP contribution in [0.1, 0.15) is 42.5 Å². The molecule has 1 aliphatic carbocycles. The molecule has 106 valence electrons. The highest BCUT2D eigenvalue weighted by molar-refractivity contribution is 7.89. The summed E-state index contributed by atoms with van der Waals surface area (Å²) in [5, 5.41) is 14.2. The van der Waals surface area contributed by atoms with Crippen molar-refractivity contribution in [1.82, 2.24) is 14.9 Å². The summed E-state index contributed by atoms with van der Waals surface area (Å²) in [6, 6.07) is 0. The van der Waals surface area contributed by atoms with E-state index in [4.69, 9.17) is 5.11 Å². The van der Waals surface area contributed by atoms with Crippen LogP contribution in [0.25, 0.3) is 0 Å². The van der Waals surface area contributed by atoms with Gasteiger partial charge in [-0.05, 0) is 18.8 Å². The Labute approximate surface area is 111 Å². The van der Waals surface area contributed by atoms with Crippen LogP contribution in [0.4, 0.5) is 0 Å². The summed E-state index contributed by atoms with van der Waals surface area (Å²) < 4.78 is 26.5. The fourth-order valence-electron chi connectivity index (χ4n) is 2.32. The van der Waals surface area contributed by atoms with Crippen molar-refractivity contribution in [1.29, 1.82) is 0 Å². The summed E-state index contributed by atoms with van der Waals surface area (Å²) >= 11 is 0. The monoisotopic (exact) mass is 287 g/mol. The highest BCUT2D eigenvalue weighted by atomic mass is 32.2. The third-order valence-corrected chi connectivity index (χ3v) is 4.79. The number of H-pyrrole nitrogens is 1. The van der Waals surface area contributed by atoms with Crippen molar-refractivity contribution < 1.29 is 18.3 Å². The van der Waals surface area contributed by atoms with Gasteiger partial charge in [0, 0.05) is 6.54 Å². The molecule has 1 aromatic rings. The molecule has 1 heterocycles. The Balaban J connectivity index is 2.05. The molecule has 3 N–H and O–H groups in total. The van der Waals surface area contributed by atoms with E-state index in [1.165, 1.54) is 6.42 Å². The molecule has 0 spiro atoms. The zero-order chi connectivity index (χ0) is 13.9. The minimum absolute atomic E-state index is 0.333. The second-order valence-electron chi connectivity index (χ2n) is 4.77. The molecule has 8 heteroatoms. The first-order valence-corrected chi connectivity index (χ1v) is 7.75. The van der Waals surface area contributed by atoms with Gasteiger partial charge in [-0.25, -0.2) is 17.9 Å². The summed E-state index contributed by atoms with van der Waals surface area (Å²) in [5.41, 5.74) is -0.337. The average molecular weight is 287 g/mol. The SMILES string of the molecule is O=C(O)c1cn[nH]c1S(=O)(=O)NCC1CCCCC1. The lowest BCUT2D eigenvalue weighted by molar-refractivity contribution is 0.0692. The number of carbonyl (C=O) groups is 1. The van der Waals surface area contributed by atoms with Crippen LogP contribution in [-0.2, 0) is 10.0 Å². The van der Waals surface area contributed by atoms with Gasteiger partial charge in [-0.3, -0.25) is 5.10 Å². The number of hydrogen-bond acceptors (Lipinski definition) is 4. The van der Waals surface area contributed by atoms with Gasteiger partial charge in [0.05, 0.1) is 6.20 Å². The maximum Gasteiger partial charge on any atom is 0.340 e. The smallest absolute Gasteiger partial charge is 0.340 e. The van der Waals surface area contributed by atoms with Gasteiger partial charge in [0.15, 0.2) is 5.03 Å². The molecule has 0 unspecified atom stereocenters. The number of carboxylic acid groups (broad SMARTS) is 1. The second-order valence-corrected chi connectivity index (χ2v) is 6.48. The predicted octanol–water partition coefficient (Wildman–Crippen LogP) is 0.966. The Morgan fingerprint density at radius 3 is 2.74 bits per heavy atom. The lowest BCUT2D eigenvalue weighted by Crippen LogP contribution is -2.31. The topological polar surface area (TPSA) is 112 Å². The second kappa shape index (κ2) is 5.70. The van der Waals surface area contributed by atoms with Crippen LogP contribution in [0.15, 0.2) is 11.2 Å². The van der Waals surface area contributed by atoms with E-state index in [9.17, 15) is 13.2 Å². The number of rotatable bonds is 5. The van der Waals surface area contributed by atoms with Crippen molar-refractivity contribution in [2.75, 3.05) is 6.54 Å². The highest BCUT2D eigenvalue weighted by Crippen LogP contribution is 2.23. The number of hydrogen-bond donors (Lipinski definition) is 3. The van der Waals surface area contributed by atoms with Crippen molar-refractivity contribution >= 4 is 16.0 Å². The summed E-state index contributed by atoms with van der Waals surface area (Å²) in [6.07, 6.45) is 6.46. The Hall–Kier alpha value is -1.41. The van der Waals surface area contributed by atoms with E-state index in [1.807, 2.05) is 0 Å². The fraction of sp³-hybridized carbons (Fsp3) is 0.636. The average Bonchev–Trinajstić information content (AvgIpc) is 2.88. The van der Waals surface area contributed by atoms with Crippen molar-refractivity contribution in [3.05, 3.63) is 11.8 Å². The molecule has 0 aromatic carbocycles. The number of carboxylic acids is 1. The first-order chi connectivity index (χ1) is 9.00. The van der Waals surface area contributed by atoms with E-state index in [0.29, 0.717) is 12.5 Å². The molecule has 1 fully saturated rings. The number of aromatic nitrogens is 2. The number of aromatic amines is 1. The molecule has 2 rings (SSSR count). The summed E-state index contributed by atoms with van der Waals surface area (Å²) in [7, 11) is -3.84. The molecule has 19 heavy (non-hydrogen) atoms. The van der Waals surface area contributed by atoms with Crippen molar-refractivity contribution in [2.45, 2.75) is 37.1 Å². The lowest BCUT2D eigenvalue weighted by atomic mass is 9.90. The first-order valence-electron chi connectivity index (χ1n) is 6.27. The summed E-state index contributed by atoms with van der Waals surface area (Å²) in [6.45, 7) is 0.348. The van der Waals surface area contributed by atoms with Gasteiger partial charge < -0.3 is 5.11 Å². The quantitative estimate of drug-likeness (QED) is 0.747. The molecule has 0 amide bonds. The standard InChI is InChI=1S/C11H17N3O4S/c15-11(16)9-7-12-14-10(9)19(17,18)13-6-8-4-2-1-3-5-8/h7-8,13H,1-6H2,(H,12,14)(H,15,16). The molecule has 7 nitrogen and oxygen atoms in total. The van der Waals surface area contributed by atoms with Gasteiger partial charge in [-0.2, -0.15) is 5.10 Å². The lowest BCUT2D eigenvalue weighted by Gasteiger charge is -2.21. The first kappa shape index (κ1) is 14.0.